The SMILES string of the molecule is CCC(CC)C(=O)NCCC1CCS(=O)(=O)C1. The number of hydrogen-bond donors (Lipinski definition) is 1. The highest BCUT2D eigenvalue weighted by molar-refractivity contribution is 7.91. The summed E-state index contributed by atoms with van der Waals surface area (Å²) in [6, 6.07) is 0. The van der Waals surface area contributed by atoms with Crippen molar-refractivity contribution in [3.8, 4) is 0 Å². The lowest BCUT2D eigenvalue weighted by Crippen LogP contribution is -2.31. The maximum atomic E-state index is 11.7. The summed E-state index contributed by atoms with van der Waals surface area (Å²) in [6.45, 7) is 4.63. The summed E-state index contributed by atoms with van der Waals surface area (Å²) in [5.74, 6) is 1.06. The molecule has 1 aliphatic rings. The largest absolute Gasteiger partial charge is 0.356 e. The summed E-state index contributed by atoms with van der Waals surface area (Å²) in [5.41, 5.74) is 0. The van der Waals surface area contributed by atoms with Crippen molar-refractivity contribution >= 4 is 15.7 Å². The lowest BCUT2D eigenvalue weighted by atomic mass is 10.0. The second kappa shape index (κ2) is 6.38. The fourth-order valence-corrected chi connectivity index (χ4v) is 4.21. The Morgan fingerprint density at radius 1 is 1.35 bits per heavy atom. The van der Waals surface area contributed by atoms with Crippen molar-refractivity contribution in [3.63, 3.8) is 0 Å². The topological polar surface area (TPSA) is 63.2 Å². The summed E-state index contributed by atoms with van der Waals surface area (Å²) >= 11 is 0. The van der Waals surface area contributed by atoms with E-state index in [-0.39, 0.29) is 17.7 Å². The van der Waals surface area contributed by atoms with Gasteiger partial charge in [0.2, 0.25) is 5.91 Å². The second-order valence-corrected chi connectivity index (χ2v) is 7.09. The maximum Gasteiger partial charge on any atom is 0.223 e. The van der Waals surface area contributed by atoms with Gasteiger partial charge < -0.3 is 5.32 Å². The second-order valence-electron chi connectivity index (χ2n) is 4.86. The predicted octanol–water partition coefficient (Wildman–Crippen LogP) is 1.36. The molecule has 1 amide bonds. The van der Waals surface area contributed by atoms with Crippen LogP contribution < -0.4 is 5.32 Å². The van der Waals surface area contributed by atoms with Gasteiger partial charge in [-0.2, -0.15) is 0 Å². The molecule has 0 aliphatic carbocycles. The maximum absolute atomic E-state index is 11.7. The van der Waals surface area contributed by atoms with Gasteiger partial charge in [0.15, 0.2) is 9.84 Å². The van der Waals surface area contributed by atoms with Gasteiger partial charge in [0, 0.05) is 12.5 Å². The zero-order chi connectivity index (χ0) is 12.9. The first-order valence-electron chi connectivity index (χ1n) is 6.46. The van der Waals surface area contributed by atoms with Crippen LogP contribution in [0.2, 0.25) is 0 Å². The Bertz CT molecular complexity index is 347. The van der Waals surface area contributed by atoms with Crippen LogP contribution in [-0.4, -0.2) is 32.4 Å². The van der Waals surface area contributed by atoms with Crippen molar-refractivity contribution in [3.05, 3.63) is 0 Å². The Hall–Kier alpha value is -0.580. The molecule has 0 radical (unpaired) electrons. The zero-order valence-electron chi connectivity index (χ0n) is 10.7. The molecule has 1 unspecified atom stereocenters. The molecule has 5 heteroatoms. The van der Waals surface area contributed by atoms with Crippen LogP contribution >= 0.6 is 0 Å². The molecule has 0 bridgehead atoms. The molecule has 0 spiro atoms. The van der Waals surface area contributed by atoms with Gasteiger partial charge in [-0.15, -0.1) is 0 Å². The number of sulfone groups is 1. The molecule has 4 nitrogen and oxygen atoms in total. The first-order valence-corrected chi connectivity index (χ1v) is 8.28. The van der Waals surface area contributed by atoms with Crippen molar-refractivity contribution in [2.75, 3.05) is 18.1 Å². The van der Waals surface area contributed by atoms with Crippen LogP contribution in [0.1, 0.15) is 39.5 Å². The van der Waals surface area contributed by atoms with Crippen LogP contribution in [0.4, 0.5) is 0 Å². The zero-order valence-corrected chi connectivity index (χ0v) is 11.6. The molecule has 0 aromatic rings. The molecule has 17 heavy (non-hydrogen) atoms. The molecular weight excluding hydrogens is 238 g/mol. The van der Waals surface area contributed by atoms with E-state index in [0.717, 1.165) is 25.7 Å². The highest BCUT2D eigenvalue weighted by Crippen LogP contribution is 2.20. The molecule has 1 atom stereocenters. The Morgan fingerprint density at radius 2 is 2.00 bits per heavy atom. The van der Waals surface area contributed by atoms with E-state index in [0.29, 0.717) is 18.1 Å². The van der Waals surface area contributed by atoms with E-state index < -0.39 is 9.84 Å². The van der Waals surface area contributed by atoms with Gasteiger partial charge >= 0.3 is 0 Å². The van der Waals surface area contributed by atoms with Crippen LogP contribution in [0.3, 0.4) is 0 Å². The molecule has 1 saturated heterocycles. The molecule has 1 N–H and O–H groups in total. The van der Waals surface area contributed by atoms with Gasteiger partial charge in [0.05, 0.1) is 11.5 Å². The van der Waals surface area contributed by atoms with Crippen molar-refractivity contribution in [1.29, 1.82) is 0 Å². The average Bonchev–Trinajstić information content (AvgIpc) is 2.60. The Balaban J connectivity index is 2.22. The summed E-state index contributed by atoms with van der Waals surface area (Å²) in [7, 11) is -2.78. The van der Waals surface area contributed by atoms with E-state index in [1.165, 1.54) is 0 Å². The molecule has 1 rings (SSSR count). The first-order chi connectivity index (χ1) is 7.98. The summed E-state index contributed by atoms with van der Waals surface area (Å²) in [5, 5.41) is 2.91. The summed E-state index contributed by atoms with van der Waals surface area (Å²) in [4.78, 5) is 11.7. The van der Waals surface area contributed by atoms with E-state index in [1.54, 1.807) is 0 Å². The summed E-state index contributed by atoms with van der Waals surface area (Å²) < 4.78 is 22.5. The number of amides is 1. The first kappa shape index (κ1) is 14.5. The van der Waals surface area contributed by atoms with Gasteiger partial charge in [-0.3, -0.25) is 4.79 Å². The van der Waals surface area contributed by atoms with E-state index in [2.05, 4.69) is 5.32 Å². The van der Waals surface area contributed by atoms with E-state index in [4.69, 9.17) is 0 Å². The highest BCUT2D eigenvalue weighted by Gasteiger charge is 2.27. The van der Waals surface area contributed by atoms with Crippen LogP contribution in [0.15, 0.2) is 0 Å². The fraction of sp³-hybridized carbons (Fsp3) is 0.917. The third-order valence-corrected chi connectivity index (χ3v) is 5.37. The van der Waals surface area contributed by atoms with Crippen LogP contribution in [0.25, 0.3) is 0 Å². The third-order valence-electron chi connectivity index (χ3n) is 3.53. The average molecular weight is 261 g/mol. The van der Waals surface area contributed by atoms with Crippen molar-refractivity contribution in [2.24, 2.45) is 11.8 Å². The van der Waals surface area contributed by atoms with Gasteiger partial charge in [-0.05, 0) is 31.6 Å². The van der Waals surface area contributed by atoms with Gasteiger partial charge in [0.25, 0.3) is 0 Å². The molecule has 1 aliphatic heterocycles. The van der Waals surface area contributed by atoms with Crippen LogP contribution in [0, 0.1) is 11.8 Å². The molecule has 0 aromatic heterocycles. The van der Waals surface area contributed by atoms with Crippen molar-refractivity contribution in [1.82, 2.24) is 5.32 Å². The number of hydrogen-bond acceptors (Lipinski definition) is 3. The molecule has 0 aromatic carbocycles. The minimum atomic E-state index is -2.78. The number of carbonyl (C=O) groups excluding carboxylic acids is 1. The molecule has 0 saturated carbocycles. The van der Waals surface area contributed by atoms with E-state index in [9.17, 15) is 13.2 Å². The third kappa shape index (κ3) is 4.66. The standard InChI is InChI=1S/C12H23NO3S/c1-3-11(4-2)12(14)13-7-5-10-6-8-17(15,16)9-10/h10-11H,3-9H2,1-2H3,(H,13,14). The minimum absolute atomic E-state index is 0.0994. The molecule has 100 valence electrons. The van der Waals surface area contributed by atoms with Gasteiger partial charge in [-0.1, -0.05) is 13.8 Å². The Morgan fingerprint density at radius 3 is 2.47 bits per heavy atom. The fourth-order valence-electron chi connectivity index (χ4n) is 2.30. The Kier molecular flexibility index (Phi) is 5.43. The van der Waals surface area contributed by atoms with Crippen molar-refractivity contribution in [2.45, 2.75) is 39.5 Å². The van der Waals surface area contributed by atoms with Crippen molar-refractivity contribution < 1.29 is 13.2 Å². The van der Waals surface area contributed by atoms with E-state index in [1.807, 2.05) is 13.8 Å². The van der Waals surface area contributed by atoms with Crippen LogP contribution in [-0.2, 0) is 14.6 Å². The number of rotatable bonds is 6. The predicted molar refractivity (Wildman–Crippen MR) is 68.5 cm³/mol. The lowest BCUT2D eigenvalue weighted by Gasteiger charge is -2.14. The number of carbonyl (C=O) groups is 1. The molecule has 1 fully saturated rings. The quantitative estimate of drug-likeness (QED) is 0.785. The van der Waals surface area contributed by atoms with Gasteiger partial charge in [-0.25, -0.2) is 8.42 Å². The number of nitrogens with one attached hydrogen (secondary N) is 1. The van der Waals surface area contributed by atoms with Crippen LogP contribution in [0.5, 0.6) is 0 Å². The Labute approximate surface area is 104 Å². The van der Waals surface area contributed by atoms with Gasteiger partial charge in [0.1, 0.15) is 0 Å². The highest BCUT2D eigenvalue weighted by atomic mass is 32.2. The molecular formula is C12H23NO3S. The lowest BCUT2D eigenvalue weighted by molar-refractivity contribution is -0.125. The molecule has 1 heterocycles. The van der Waals surface area contributed by atoms with E-state index >= 15 is 0 Å². The normalized spacial score (nSPS) is 22.9. The minimum Gasteiger partial charge on any atom is -0.356 e. The summed E-state index contributed by atoms with van der Waals surface area (Å²) in [6.07, 6.45) is 3.26. The monoisotopic (exact) mass is 261 g/mol. The smallest absolute Gasteiger partial charge is 0.223 e.